The average Bonchev–Trinajstić information content (AvgIpc) is 2.96. The van der Waals surface area contributed by atoms with Gasteiger partial charge in [-0.25, -0.2) is 9.78 Å². The van der Waals surface area contributed by atoms with Gasteiger partial charge in [-0.15, -0.1) is 11.8 Å². The van der Waals surface area contributed by atoms with Gasteiger partial charge in [-0.05, 0) is 87.7 Å². The van der Waals surface area contributed by atoms with Gasteiger partial charge < -0.3 is 20.4 Å². The van der Waals surface area contributed by atoms with Crippen molar-refractivity contribution in [3.8, 4) is 0 Å². The van der Waals surface area contributed by atoms with Crippen LogP contribution < -0.4 is 10.6 Å². The van der Waals surface area contributed by atoms with Crippen LogP contribution >= 0.6 is 23.4 Å². The molecule has 3 aromatic rings. The number of rotatable bonds is 10. The van der Waals surface area contributed by atoms with Crippen molar-refractivity contribution in [2.45, 2.75) is 63.6 Å². The Morgan fingerprint density at radius 1 is 1.10 bits per heavy atom. The number of anilines is 1. The topological polar surface area (TPSA) is 77.6 Å². The first-order valence-electron chi connectivity index (χ1n) is 14.2. The first-order chi connectivity index (χ1) is 19.7. The van der Waals surface area contributed by atoms with E-state index in [0.29, 0.717) is 35.5 Å². The molecule has 9 heteroatoms. The van der Waals surface area contributed by atoms with Crippen molar-refractivity contribution in [3.63, 3.8) is 0 Å². The molecule has 1 aromatic heterocycles. The Kier molecular flexibility index (Phi) is 11.1. The number of carbonyl (C=O) groups excluding carboxylic acids is 2. The highest BCUT2D eigenvalue weighted by Crippen LogP contribution is 2.24. The van der Waals surface area contributed by atoms with E-state index in [2.05, 4.69) is 39.6 Å². The van der Waals surface area contributed by atoms with Crippen molar-refractivity contribution < 1.29 is 9.59 Å². The van der Waals surface area contributed by atoms with Gasteiger partial charge in [-0.3, -0.25) is 4.79 Å². The summed E-state index contributed by atoms with van der Waals surface area (Å²) >= 11 is 7.70. The van der Waals surface area contributed by atoms with E-state index < -0.39 is 0 Å². The lowest BCUT2D eigenvalue weighted by atomic mass is 10.00. The van der Waals surface area contributed by atoms with E-state index in [1.165, 1.54) is 0 Å². The molecule has 41 heavy (non-hydrogen) atoms. The molecular formula is C32H40ClN5O2S. The summed E-state index contributed by atoms with van der Waals surface area (Å²) in [6, 6.07) is 20.3. The summed E-state index contributed by atoms with van der Waals surface area (Å²) in [6.45, 7) is 8.85. The Morgan fingerprint density at radius 3 is 2.41 bits per heavy atom. The normalized spacial score (nSPS) is 14.9. The number of aryl methyl sites for hydroxylation is 2. The summed E-state index contributed by atoms with van der Waals surface area (Å²) in [7, 11) is 0. The number of thioether (sulfide) groups is 1. The standard InChI is InChI=1S/C32H40ClN5O2S/c1-22-20-29(33)35-24(3)30(22)31(39)34-17-14-23(2)37-18-15-27(16-19-37)38(21-25-8-6-5-7-9-25)32(40)36-26-10-12-28(41-4)13-11-26/h5-13,20,23,27H,14-19,21H2,1-4H3,(H,34,39)(H,36,40)/t23-/m1/s1. The van der Waals surface area contributed by atoms with Crippen molar-refractivity contribution >= 4 is 41.0 Å². The third-order valence-electron chi connectivity index (χ3n) is 7.80. The van der Waals surface area contributed by atoms with Gasteiger partial charge in [-0.2, -0.15) is 0 Å². The van der Waals surface area contributed by atoms with Crippen LogP contribution in [0.15, 0.2) is 65.6 Å². The van der Waals surface area contributed by atoms with Gasteiger partial charge in [0.05, 0.1) is 11.3 Å². The Morgan fingerprint density at radius 2 is 1.78 bits per heavy atom. The minimum absolute atomic E-state index is 0.0674. The smallest absolute Gasteiger partial charge is 0.322 e. The molecular weight excluding hydrogens is 554 g/mol. The SMILES string of the molecule is CSc1ccc(NC(=O)N(Cc2ccccc2)C2CCN([C@H](C)CCNC(=O)c3c(C)cc(Cl)nc3C)CC2)cc1. The van der Waals surface area contributed by atoms with Crippen LogP contribution in [0.5, 0.6) is 0 Å². The highest BCUT2D eigenvalue weighted by molar-refractivity contribution is 7.98. The third-order valence-corrected chi connectivity index (χ3v) is 8.74. The number of nitrogens with one attached hydrogen (secondary N) is 2. The zero-order valence-electron chi connectivity index (χ0n) is 24.3. The van der Waals surface area contributed by atoms with Crippen LogP contribution in [-0.4, -0.2) is 64.7 Å². The van der Waals surface area contributed by atoms with Crippen LogP contribution in [0.1, 0.15) is 53.4 Å². The van der Waals surface area contributed by atoms with Gasteiger partial charge in [-0.1, -0.05) is 41.9 Å². The first-order valence-corrected chi connectivity index (χ1v) is 15.8. The van der Waals surface area contributed by atoms with E-state index in [1.54, 1.807) is 17.8 Å². The molecule has 2 N–H and O–H groups in total. The number of pyridine rings is 1. The predicted molar refractivity (Wildman–Crippen MR) is 169 cm³/mol. The van der Waals surface area contributed by atoms with Gasteiger partial charge in [0.25, 0.3) is 5.91 Å². The number of aromatic nitrogens is 1. The van der Waals surface area contributed by atoms with Crippen molar-refractivity contribution in [3.05, 3.63) is 88.2 Å². The molecule has 2 heterocycles. The van der Waals surface area contributed by atoms with E-state index in [-0.39, 0.29) is 18.0 Å². The lowest BCUT2D eigenvalue weighted by Gasteiger charge is -2.40. The van der Waals surface area contributed by atoms with Crippen molar-refractivity contribution in [1.82, 2.24) is 20.1 Å². The lowest BCUT2D eigenvalue weighted by molar-refractivity contribution is 0.0918. The molecule has 0 aliphatic carbocycles. The number of hydrogen-bond acceptors (Lipinski definition) is 5. The summed E-state index contributed by atoms with van der Waals surface area (Å²) < 4.78 is 0. The molecule has 0 spiro atoms. The summed E-state index contributed by atoms with van der Waals surface area (Å²) in [5, 5.41) is 6.58. The number of piperidine rings is 1. The second kappa shape index (κ2) is 14.7. The van der Waals surface area contributed by atoms with Crippen LogP contribution in [0.3, 0.4) is 0 Å². The second-order valence-corrected chi connectivity index (χ2v) is 11.9. The van der Waals surface area contributed by atoms with Crippen molar-refractivity contribution in [2.24, 2.45) is 0 Å². The highest BCUT2D eigenvalue weighted by atomic mass is 35.5. The van der Waals surface area contributed by atoms with E-state index in [9.17, 15) is 9.59 Å². The highest BCUT2D eigenvalue weighted by Gasteiger charge is 2.30. The molecule has 1 saturated heterocycles. The van der Waals surface area contributed by atoms with Crippen molar-refractivity contribution in [1.29, 1.82) is 0 Å². The summed E-state index contributed by atoms with van der Waals surface area (Å²) in [5.41, 5.74) is 3.99. The fourth-order valence-corrected chi connectivity index (χ4v) is 6.15. The number of hydrogen-bond donors (Lipinski definition) is 2. The van der Waals surface area contributed by atoms with E-state index in [4.69, 9.17) is 11.6 Å². The molecule has 3 amide bonds. The molecule has 0 bridgehead atoms. The zero-order chi connectivity index (χ0) is 29.4. The lowest BCUT2D eigenvalue weighted by Crippen LogP contribution is -2.50. The van der Waals surface area contributed by atoms with E-state index in [0.717, 1.165) is 54.1 Å². The number of carbonyl (C=O) groups is 2. The third kappa shape index (κ3) is 8.47. The molecule has 218 valence electrons. The molecule has 1 aliphatic rings. The minimum Gasteiger partial charge on any atom is -0.352 e. The van der Waals surface area contributed by atoms with Gasteiger partial charge in [0.2, 0.25) is 0 Å². The maximum absolute atomic E-state index is 13.5. The van der Waals surface area contributed by atoms with E-state index >= 15 is 0 Å². The Hall–Kier alpha value is -3.07. The summed E-state index contributed by atoms with van der Waals surface area (Å²) in [6.07, 6.45) is 4.68. The van der Waals surface area contributed by atoms with Crippen LogP contribution in [0.4, 0.5) is 10.5 Å². The quantitative estimate of drug-likeness (QED) is 0.200. The molecule has 0 radical (unpaired) electrons. The number of amides is 3. The molecule has 1 aliphatic heterocycles. The van der Waals surface area contributed by atoms with Gasteiger partial charge in [0.1, 0.15) is 5.15 Å². The fraction of sp³-hybridized carbons (Fsp3) is 0.406. The zero-order valence-corrected chi connectivity index (χ0v) is 25.9. The monoisotopic (exact) mass is 593 g/mol. The maximum atomic E-state index is 13.5. The molecule has 2 aromatic carbocycles. The second-order valence-electron chi connectivity index (χ2n) is 10.7. The van der Waals surface area contributed by atoms with Crippen LogP contribution in [0.2, 0.25) is 5.15 Å². The van der Waals surface area contributed by atoms with Crippen LogP contribution in [-0.2, 0) is 6.54 Å². The number of nitrogens with zero attached hydrogens (tertiary/aromatic N) is 3. The Labute approximate surface area is 253 Å². The van der Waals surface area contributed by atoms with E-state index in [1.807, 2.05) is 67.5 Å². The average molecular weight is 594 g/mol. The number of benzene rings is 2. The predicted octanol–water partition coefficient (Wildman–Crippen LogP) is 6.78. The Balaban J connectivity index is 1.32. The van der Waals surface area contributed by atoms with Gasteiger partial charge in [0, 0.05) is 48.8 Å². The molecule has 4 rings (SSSR count). The van der Waals surface area contributed by atoms with Gasteiger partial charge in [0.15, 0.2) is 0 Å². The Bertz CT molecular complexity index is 1290. The van der Waals surface area contributed by atoms with Crippen molar-refractivity contribution in [2.75, 3.05) is 31.2 Å². The molecule has 1 atom stereocenters. The number of urea groups is 1. The van der Waals surface area contributed by atoms with Gasteiger partial charge >= 0.3 is 6.03 Å². The molecule has 7 nitrogen and oxygen atoms in total. The summed E-state index contributed by atoms with van der Waals surface area (Å²) in [4.78, 5) is 36.2. The molecule has 1 fully saturated rings. The van der Waals surface area contributed by atoms with Crippen LogP contribution in [0, 0.1) is 13.8 Å². The first kappa shape index (κ1) is 30.9. The molecule has 0 saturated carbocycles. The van der Waals surface area contributed by atoms with Crippen LogP contribution in [0.25, 0.3) is 0 Å². The minimum atomic E-state index is -0.110. The number of halogens is 1. The fourth-order valence-electron chi connectivity index (χ4n) is 5.45. The summed E-state index contributed by atoms with van der Waals surface area (Å²) in [5.74, 6) is -0.110. The molecule has 0 unspecified atom stereocenters. The maximum Gasteiger partial charge on any atom is 0.322 e. The largest absolute Gasteiger partial charge is 0.352 e. The number of likely N-dealkylation sites (tertiary alicyclic amines) is 1.